The maximum absolute atomic E-state index is 2.65. The van der Waals surface area contributed by atoms with E-state index in [0.717, 1.165) is 48.4 Å². The highest BCUT2D eigenvalue weighted by Crippen LogP contribution is 2.56. The molecule has 0 saturated carbocycles. The molecule has 6 aromatic rings. The summed E-state index contributed by atoms with van der Waals surface area (Å²) in [5.74, 6) is 0.427. The highest BCUT2D eigenvalue weighted by Gasteiger charge is 2.48. The Labute approximate surface area is 295 Å². The SMILES string of the molecule is C[C@]12C=CCCC1c1cc(N(c3ccc(N(c4ccccc4)c4ccccc4)cc3)c3cccc4ccccc34)ccc1N2C1=CC=CCC1. The van der Waals surface area contributed by atoms with Crippen LogP contribution in [0.5, 0.6) is 0 Å². The largest absolute Gasteiger partial charge is 0.335 e. The molecule has 1 heterocycles. The molecule has 0 fully saturated rings. The van der Waals surface area contributed by atoms with Crippen LogP contribution >= 0.6 is 0 Å². The van der Waals surface area contributed by atoms with Crippen molar-refractivity contribution in [2.45, 2.75) is 44.1 Å². The number of rotatable bonds is 7. The van der Waals surface area contributed by atoms with Gasteiger partial charge >= 0.3 is 0 Å². The second kappa shape index (κ2) is 12.6. The van der Waals surface area contributed by atoms with Crippen molar-refractivity contribution in [3.05, 3.63) is 187 Å². The Hall–Kier alpha value is -5.80. The van der Waals surface area contributed by atoms with Gasteiger partial charge in [0.25, 0.3) is 0 Å². The maximum Gasteiger partial charge on any atom is 0.0671 e. The van der Waals surface area contributed by atoms with Gasteiger partial charge in [-0.3, -0.25) is 0 Å². The topological polar surface area (TPSA) is 9.72 Å². The van der Waals surface area contributed by atoms with Crippen LogP contribution in [0.2, 0.25) is 0 Å². The third kappa shape index (κ3) is 5.13. The van der Waals surface area contributed by atoms with Gasteiger partial charge in [-0.15, -0.1) is 0 Å². The lowest BCUT2D eigenvalue weighted by Gasteiger charge is -2.42. The van der Waals surface area contributed by atoms with Crippen molar-refractivity contribution in [2.75, 3.05) is 14.7 Å². The van der Waals surface area contributed by atoms with Crippen LogP contribution in [0.15, 0.2) is 182 Å². The van der Waals surface area contributed by atoms with Gasteiger partial charge in [0, 0.05) is 51.1 Å². The zero-order chi connectivity index (χ0) is 33.5. The van der Waals surface area contributed by atoms with Gasteiger partial charge in [-0.1, -0.05) is 97.1 Å². The minimum atomic E-state index is -0.0690. The summed E-state index contributed by atoms with van der Waals surface area (Å²) in [7, 11) is 0. The first-order valence-electron chi connectivity index (χ1n) is 17.9. The van der Waals surface area contributed by atoms with Gasteiger partial charge in [0.15, 0.2) is 0 Å². The molecule has 2 atom stereocenters. The number of para-hydroxylation sites is 2. The molecular weight excluding hydrogens is 607 g/mol. The number of hydrogen-bond donors (Lipinski definition) is 0. The van der Waals surface area contributed by atoms with Gasteiger partial charge in [0.05, 0.1) is 11.2 Å². The third-order valence-electron chi connectivity index (χ3n) is 10.8. The number of fused-ring (bicyclic) bond motifs is 4. The molecule has 9 rings (SSSR count). The number of anilines is 7. The Kier molecular flexibility index (Phi) is 7.62. The van der Waals surface area contributed by atoms with Gasteiger partial charge in [-0.05, 0) is 122 Å². The normalized spacial score (nSPS) is 19.2. The monoisotopic (exact) mass is 647 g/mol. The van der Waals surface area contributed by atoms with E-state index in [0.29, 0.717) is 5.92 Å². The van der Waals surface area contributed by atoms with E-state index >= 15 is 0 Å². The molecule has 0 aromatic heterocycles. The molecule has 0 saturated heterocycles. The first-order valence-corrected chi connectivity index (χ1v) is 17.9. The van der Waals surface area contributed by atoms with Crippen LogP contribution in [0.1, 0.15) is 44.1 Å². The second-order valence-corrected chi connectivity index (χ2v) is 13.8. The summed E-state index contributed by atoms with van der Waals surface area (Å²) < 4.78 is 0. The van der Waals surface area contributed by atoms with E-state index in [1.54, 1.807) is 0 Å². The summed E-state index contributed by atoms with van der Waals surface area (Å²) in [4.78, 5) is 7.43. The zero-order valence-electron chi connectivity index (χ0n) is 28.5. The molecule has 3 aliphatic rings. The van der Waals surface area contributed by atoms with E-state index in [-0.39, 0.29) is 5.54 Å². The number of benzene rings is 6. The van der Waals surface area contributed by atoms with Crippen molar-refractivity contribution in [1.29, 1.82) is 0 Å². The molecular formula is C47H41N3. The highest BCUT2D eigenvalue weighted by atomic mass is 15.2. The molecule has 3 heteroatoms. The lowest BCUT2D eigenvalue weighted by atomic mass is 9.76. The zero-order valence-corrected chi connectivity index (χ0v) is 28.5. The molecule has 50 heavy (non-hydrogen) atoms. The molecule has 6 aromatic carbocycles. The third-order valence-corrected chi connectivity index (χ3v) is 10.8. The molecule has 0 amide bonds. The van der Waals surface area contributed by atoms with Crippen LogP contribution < -0.4 is 14.7 Å². The van der Waals surface area contributed by atoms with Crippen LogP contribution in [-0.2, 0) is 0 Å². The molecule has 0 N–H and O–H groups in total. The van der Waals surface area contributed by atoms with Gasteiger partial charge < -0.3 is 14.7 Å². The molecule has 1 aliphatic heterocycles. The van der Waals surface area contributed by atoms with Gasteiger partial charge in [-0.25, -0.2) is 0 Å². The van der Waals surface area contributed by atoms with Crippen molar-refractivity contribution in [2.24, 2.45) is 0 Å². The van der Waals surface area contributed by atoms with E-state index in [1.165, 1.54) is 39.1 Å². The quantitative estimate of drug-likeness (QED) is 0.160. The summed E-state index contributed by atoms with van der Waals surface area (Å²) in [5, 5.41) is 2.47. The molecule has 244 valence electrons. The molecule has 0 spiro atoms. The molecule has 0 bridgehead atoms. The molecule has 0 radical (unpaired) electrons. The van der Waals surface area contributed by atoms with E-state index in [1.807, 2.05) is 0 Å². The summed E-state index contributed by atoms with van der Waals surface area (Å²) in [6.45, 7) is 2.44. The van der Waals surface area contributed by atoms with Gasteiger partial charge in [-0.2, -0.15) is 0 Å². The lowest BCUT2D eigenvalue weighted by Crippen LogP contribution is -2.45. The highest BCUT2D eigenvalue weighted by molar-refractivity contribution is 5.99. The van der Waals surface area contributed by atoms with E-state index < -0.39 is 0 Å². The Morgan fingerprint density at radius 2 is 1.24 bits per heavy atom. The maximum atomic E-state index is 2.65. The van der Waals surface area contributed by atoms with Crippen LogP contribution in [-0.4, -0.2) is 5.54 Å². The Bertz CT molecular complexity index is 2210. The van der Waals surface area contributed by atoms with Crippen LogP contribution in [0.25, 0.3) is 10.8 Å². The molecule has 3 nitrogen and oxygen atoms in total. The first-order chi connectivity index (χ1) is 24.7. The van der Waals surface area contributed by atoms with Crippen LogP contribution in [0.3, 0.4) is 0 Å². The van der Waals surface area contributed by atoms with Crippen molar-refractivity contribution in [3.63, 3.8) is 0 Å². The summed E-state index contributed by atoms with van der Waals surface area (Å²) in [6, 6.07) is 52.9. The van der Waals surface area contributed by atoms with Crippen molar-refractivity contribution >= 4 is 50.6 Å². The Morgan fingerprint density at radius 3 is 1.96 bits per heavy atom. The smallest absolute Gasteiger partial charge is 0.0671 e. The first kappa shape index (κ1) is 30.3. The van der Waals surface area contributed by atoms with Gasteiger partial charge in [0.1, 0.15) is 0 Å². The fourth-order valence-corrected chi connectivity index (χ4v) is 8.54. The lowest BCUT2D eigenvalue weighted by molar-refractivity contribution is 0.429. The standard InChI is InChI=1S/C47H41N3/c1-47-33-14-13-25-44(47)43-34-41(31-32-46(43)50(47)40-22-9-4-10-23-40)49(45-26-15-17-35-16-11-12-24-42(35)45)39-29-27-38(28-30-39)48(36-18-5-2-6-19-36)37-20-7-3-8-21-37/h2-9,11-12,14-22,24,26-34,44H,10,13,23,25H2,1H3/t44?,47-/m0/s1. The van der Waals surface area contributed by atoms with Crippen molar-refractivity contribution in [3.8, 4) is 0 Å². The molecule has 2 aliphatic carbocycles. The predicted octanol–water partition coefficient (Wildman–Crippen LogP) is 13.0. The predicted molar refractivity (Wildman–Crippen MR) is 212 cm³/mol. The minimum absolute atomic E-state index is 0.0690. The number of hydrogen-bond acceptors (Lipinski definition) is 3. The van der Waals surface area contributed by atoms with Gasteiger partial charge in [0.2, 0.25) is 0 Å². The van der Waals surface area contributed by atoms with Crippen molar-refractivity contribution in [1.82, 2.24) is 0 Å². The van der Waals surface area contributed by atoms with Crippen LogP contribution in [0, 0.1) is 0 Å². The fourth-order valence-electron chi connectivity index (χ4n) is 8.54. The second-order valence-electron chi connectivity index (χ2n) is 13.8. The number of allylic oxidation sites excluding steroid dienone is 5. The van der Waals surface area contributed by atoms with E-state index in [2.05, 4.69) is 198 Å². The summed E-state index contributed by atoms with van der Waals surface area (Å²) >= 11 is 0. The number of nitrogens with zero attached hydrogens (tertiary/aromatic N) is 3. The van der Waals surface area contributed by atoms with Crippen LogP contribution in [0.4, 0.5) is 39.8 Å². The Balaban J connectivity index is 1.19. The minimum Gasteiger partial charge on any atom is -0.335 e. The van der Waals surface area contributed by atoms with Crippen molar-refractivity contribution < 1.29 is 0 Å². The van der Waals surface area contributed by atoms with E-state index in [4.69, 9.17) is 0 Å². The summed E-state index contributed by atoms with van der Waals surface area (Å²) in [6.07, 6.45) is 16.2. The fraction of sp³-hybridized carbons (Fsp3) is 0.149. The summed E-state index contributed by atoms with van der Waals surface area (Å²) in [5.41, 5.74) is 11.0. The Morgan fingerprint density at radius 1 is 0.600 bits per heavy atom. The molecule has 1 unspecified atom stereocenters. The van der Waals surface area contributed by atoms with E-state index in [9.17, 15) is 0 Å². The average Bonchev–Trinajstić information content (AvgIpc) is 3.44. The average molecular weight is 648 g/mol.